The molecule has 106 valence electrons. The van der Waals surface area contributed by atoms with Gasteiger partial charge in [0.05, 0.1) is 5.54 Å². The molecule has 2 aliphatic heterocycles. The minimum absolute atomic E-state index is 0.115. The second-order valence-electron chi connectivity index (χ2n) is 5.93. The van der Waals surface area contributed by atoms with Crippen molar-refractivity contribution in [2.75, 3.05) is 13.2 Å². The lowest BCUT2D eigenvalue weighted by Crippen LogP contribution is -2.37. The summed E-state index contributed by atoms with van der Waals surface area (Å²) in [5.74, 6) is 1.45. The third-order valence-electron chi connectivity index (χ3n) is 4.62. The topological polar surface area (TPSA) is 60.2 Å². The molecule has 2 atom stereocenters. The molecule has 1 aromatic rings. The second-order valence-corrected chi connectivity index (χ2v) is 5.93. The standard InChI is InChI=1S/C14H23N3O2/c1-3-14(8-6-9-15-14)12-16-11(17-19-12)13(2)7-4-5-10-18-13/h15H,3-10H2,1-2H3. The lowest BCUT2D eigenvalue weighted by molar-refractivity contribution is -0.0770. The number of nitrogens with one attached hydrogen (secondary N) is 1. The number of hydrogen-bond donors (Lipinski definition) is 1. The van der Waals surface area contributed by atoms with Crippen LogP contribution in [0.4, 0.5) is 0 Å². The van der Waals surface area contributed by atoms with Gasteiger partial charge in [-0.2, -0.15) is 4.98 Å². The Morgan fingerprint density at radius 3 is 2.79 bits per heavy atom. The molecular formula is C14H23N3O2. The Labute approximate surface area is 114 Å². The highest BCUT2D eigenvalue weighted by atomic mass is 16.5. The summed E-state index contributed by atoms with van der Waals surface area (Å²) in [4.78, 5) is 4.67. The highest BCUT2D eigenvalue weighted by molar-refractivity contribution is 5.09. The van der Waals surface area contributed by atoms with Gasteiger partial charge in [-0.1, -0.05) is 12.1 Å². The van der Waals surface area contributed by atoms with Crippen LogP contribution in [0.15, 0.2) is 4.52 Å². The van der Waals surface area contributed by atoms with E-state index in [2.05, 4.69) is 29.3 Å². The average molecular weight is 265 g/mol. The molecule has 0 saturated carbocycles. The third-order valence-corrected chi connectivity index (χ3v) is 4.62. The number of rotatable bonds is 3. The lowest BCUT2D eigenvalue weighted by atomic mass is 9.93. The number of ether oxygens (including phenoxy) is 1. The molecule has 0 aliphatic carbocycles. The molecule has 2 unspecified atom stereocenters. The molecule has 2 aliphatic rings. The van der Waals surface area contributed by atoms with Gasteiger partial charge in [0.2, 0.25) is 11.7 Å². The van der Waals surface area contributed by atoms with E-state index in [-0.39, 0.29) is 11.1 Å². The van der Waals surface area contributed by atoms with Gasteiger partial charge in [-0.3, -0.25) is 0 Å². The fourth-order valence-electron chi connectivity index (χ4n) is 3.18. The first-order valence-electron chi connectivity index (χ1n) is 7.42. The Hall–Kier alpha value is -0.940. The highest BCUT2D eigenvalue weighted by Gasteiger charge is 2.42. The van der Waals surface area contributed by atoms with Gasteiger partial charge in [-0.05, 0) is 52.0 Å². The van der Waals surface area contributed by atoms with Gasteiger partial charge in [0, 0.05) is 6.61 Å². The van der Waals surface area contributed by atoms with Crippen LogP contribution in [0.5, 0.6) is 0 Å². The number of aromatic nitrogens is 2. The molecule has 5 heteroatoms. The molecule has 0 aromatic carbocycles. The van der Waals surface area contributed by atoms with Gasteiger partial charge in [0.15, 0.2) is 0 Å². The normalized spacial score (nSPS) is 35.7. The van der Waals surface area contributed by atoms with Crippen molar-refractivity contribution in [2.45, 2.75) is 63.5 Å². The molecule has 0 bridgehead atoms. The Balaban J connectivity index is 1.86. The lowest BCUT2D eigenvalue weighted by Gasteiger charge is -2.30. The zero-order valence-electron chi connectivity index (χ0n) is 11.9. The molecule has 5 nitrogen and oxygen atoms in total. The molecule has 2 saturated heterocycles. The summed E-state index contributed by atoms with van der Waals surface area (Å²) in [5.41, 5.74) is -0.482. The van der Waals surface area contributed by atoms with Gasteiger partial charge in [-0.15, -0.1) is 0 Å². The summed E-state index contributed by atoms with van der Waals surface area (Å²) in [5, 5.41) is 7.73. The maximum Gasteiger partial charge on any atom is 0.247 e. The zero-order chi connectivity index (χ0) is 13.3. The Morgan fingerprint density at radius 1 is 1.26 bits per heavy atom. The van der Waals surface area contributed by atoms with Crippen LogP contribution < -0.4 is 5.32 Å². The van der Waals surface area contributed by atoms with Crippen molar-refractivity contribution < 1.29 is 9.26 Å². The van der Waals surface area contributed by atoms with E-state index in [0.29, 0.717) is 5.82 Å². The van der Waals surface area contributed by atoms with Crippen LogP contribution in [-0.4, -0.2) is 23.3 Å². The maximum atomic E-state index is 5.89. The van der Waals surface area contributed by atoms with E-state index in [4.69, 9.17) is 9.26 Å². The first kappa shape index (κ1) is 13.1. The minimum atomic E-state index is -0.368. The van der Waals surface area contributed by atoms with Crippen LogP contribution in [0.3, 0.4) is 0 Å². The summed E-state index contributed by atoms with van der Waals surface area (Å²) in [6.07, 6.45) is 6.48. The van der Waals surface area contributed by atoms with Crippen LogP contribution in [0, 0.1) is 0 Å². The van der Waals surface area contributed by atoms with E-state index in [0.717, 1.165) is 51.1 Å². The Bertz CT molecular complexity index is 432. The van der Waals surface area contributed by atoms with Crippen molar-refractivity contribution >= 4 is 0 Å². The van der Waals surface area contributed by atoms with Crippen molar-refractivity contribution in [3.05, 3.63) is 11.7 Å². The molecule has 2 fully saturated rings. The van der Waals surface area contributed by atoms with Crippen molar-refractivity contribution in [1.82, 2.24) is 15.5 Å². The monoisotopic (exact) mass is 265 g/mol. The molecule has 3 heterocycles. The predicted molar refractivity (Wildman–Crippen MR) is 70.7 cm³/mol. The van der Waals surface area contributed by atoms with E-state index >= 15 is 0 Å². The van der Waals surface area contributed by atoms with E-state index < -0.39 is 0 Å². The summed E-state index contributed by atoms with van der Waals surface area (Å²) in [6.45, 7) is 6.05. The van der Waals surface area contributed by atoms with E-state index in [9.17, 15) is 0 Å². The quantitative estimate of drug-likeness (QED) is 0.909. The number of nitrogens with zero attached hydrogens (tertiary/aromatic N) is 2. The van der Waals surface area contributed by atoms with Crippen LogP contribution in [-0.2, 0) is 15.9 Å². The summed E-state index contributed by atoms with van der Waals surface area (Å²) in [7, 11) is 0. The molecule has 0 amide bonds. The molecule has 0 spiro atoms. The van der Waals surface area contributed by atoms with Crippen LogP contribution in [0.25, 0.3) is 0 Å². The van der Waals surface area contributed by atoms with Crippen molar-refractivity contribution in [2.24, 2.45) is 0 Å². The van der Waals surface area contributed by atoms with Crippen LogP contribution in [0.1, 0.15) is 64.1 Å². The van der Waals surface area contributed by atoms with Gasteiger partial charge in [0.1, 0.15) is 5.60 Å². The van der Waals surface area contributed by atoms with Crippen molar-refractivity contribution in [3.8, 4) is 0 Å². The molecule has 1 N–H and O–H groups in total. The zero-order valence-corrected chi connectivity index (χ0v) is 11.9. The Kier molecular flexibility index (Phi) is 3.35. The predicted octanol–water partition coefficient (Wildman–Crippen LogP) is 2.47. The number of hydrogen-bond acceptors (Lipinski definition) is 5. The third kappa shape index (κ3) is 2.19. The molecule has 19 heavy (non-hydrogen) atoms. The first-order chi connectivity index (χ1) is 9.19. The fraction of sp³-hybridized carbons (Fsp3) is 0.857. The van der Waals surface area contributed by atoms with Gasteiger partial charge >= 0.3 is 0 Å². The highest BCUT2D eigenvalue weighted by Crippen LogP contribution is 2.37. The molecular weight excluding hydrogens is 242 g/mol. The summed E-state index contributed by atoms with van der Waals surface area (Å²) < 4.78 is 11.4. The van der Waals surface area contributed by atoms with Crippen LogP contribution in [0.2, 0.25) is 0 Å². The SMILES string of the molecule is CCC1(c2nc(C3(C)CCCCO3)no2)CCCN1. The van der Waals surface area contributed by atoms with Crippen molar-refractivity contribution in [1.29, 1.82) is 0 Å². The largest absolute Gasteiger partial charge is 0.367 e. The van der Waals surface area contributed by atoms with Crippen LogP contribution >= 0.6 is 0 Å². The van der Waals surface area contributed by atoms with Gasteiger partial charge in [0.25, 0.3) is 0 Å². The Morgan fingerprint density at radius 2 is 2.16 bits per heavy atom. The maximum absolute atomic E-state index is 5.89. The minimum Gasteiger partial charge on any atom is -0.367 e. The fourth-order valence-corrected chi connectivity index (χ4v) is 3.18. The smallest absolute Gasteiger partial charge is 0.247 e. The van der Waals surface area contributed by atoms with E-state index in [1.807, 2.05) is 0 Å². The summed E-state index contributed by atoms with van der Waals surface area (Å²) >= 11 is 0. The first-order valence-corrected chi connectivity index (χ1v) is 7.42. The molecule has 1 aromatic heterocycles. The summed E-state index contributed by atoms with van der Waals surface area (Å²) in [6, 6.07) is 0. The molecule has 3 rings (SSSR count). The average Bonchev–Trinajstić information content (AvgIpc) is 3.09. The van der Waals surface area contributed by atoms with Gasteiger partial charge in [-0.25, -0.2) is 0 Å². The second kappa shape index (κ2) is 4.87. The van der Waals surface area contributed by atoms with Crippen molar-refractivity contribution in [3.63, 3.8) is 0 Å². The van der Waals surface area contributed by atoms with E-state index in [1.54, 1.807) is 0 Å². The van der Waals surface area contributed by atoms with Gasteiger partial charge < -0.3 is 14.6 Å². The van der Waals surface area contributed by atoms with E-state index in [1.165, 1.54) is 6.42 Å². The molecule has 0 radical (unpaired) electrons.